The molecule has 0 saturated carbocycles. The van der Waals surface area contributed by atoms with Crippen molar-refractivity contribution in [1.82, 2.24) is 0 Å². The first-order valence-electron chi connectivity index (χ1n) is 10.4. The molecule has 4 rings (SSSR count). The van der Waals surface area contributed by atoms with Crippen molar-refractivity contribution < 1.29 is 27.5 Å². The van der Waals surface area contributed by atoms with E-state index in [4.69, 9.17) is 0 Å². The molecule has 3 aromatic rings. The topological polar surface area (TPSA) is 58.6 Å². The molecule has 0 spiro atoms. The number of anilines is 2. The third-order valence-electron chi connectivity index (χ3n) is 5.36. The molecule has 0 radical (unpaired) electrons. The second-order valence-corrected chi connectivity index (χ2v) is 8.05. The van der Waals surface area contributed by atoms with Crippen LogP contribution in [0.2, 0.25) is 0 Å². The van der Waals surface area contributed by atoms with Crippen LogP contribution < -0.4 is 15.0 Å². The number of hydrogen-bond donors (Lipinski definition) is 1. The highest BCUT2D eigenvalue weighted by Crippen LogP contribution is 2.36. The van der Waals surface area contributed by atoms with Crippen LogP contribution in [0.5, 0.6) is 5.75 Å². The minimum atomic E-state index is -4.86. The van der Waals surface area contributed by atoms with E-state index >= 15 is 0 Å². The van der Waals surface area contributed by atoms with Gasteiger partial charge in [-0.25, -0.2) is 4.90 Å². The van der Waals surface area contributed by atoms with Crippen molar-refractivity contribution in [2.75, 3.05) is 10.2 Å². The summed E-state index contributed by atoms with van der Waals surface area (Å²) in [6.07, 6.45) is -4.86. The molecule has 0 unspecified atom stereocenters. The minimum absolute atomic E-state index is 0.0262. The van der Waals surface area contributed by atoms with Crippen molar-refractivity contribution in [1.29, 1.82) is 0 Å². The number of halogens is 3. The van der Waals surface area contributed by atoms with Gasteiger partial charge in [-0.2, -0.15) is 0 Å². The Bertz CT molecular complexity index is 1310. The Morgan fingerprint density at radius 3 is 2.15 bits per heavy atom. The van der Waals surface area contributed by atoms with Gasteiger partial charge in [0.25, 0.3) is 11.8 Å². The molecule has 174 valence electrons. The Morgan fingerprint density at radius 2 is 1.50 bits per heavy atom. The van der Waals surface area contributed by atoms with Crippen LogP contribution in [0.15, 0.2) is 72.4 Å². The summed E-state index contributed by atoms with van der Waals surface area (Å²) in [4.78, 5) is 28.0. The van der Waals surface area contributed by atoms with Crippen LogP contribution in [0.4, 0.5) is 24.5 Å². The maximum Gasteiger partial charge on any atom is 0.573 e. The van der Waals surface area contributed by atoms with Crippen molar-refractivity contribution in [3.8, 4) is 5.75 Å². The Labute approximate surface area is 194 Å². The van der Waals surface area contributed by atoms with Gasteiger partial charge in [-0.1, -0.05) is 47.5 Å². The fraction of sp³-hybridized carbons (Fsp3) is 0.154. The molecule has 1 aliphatic rings. The predicted octanol–water partition coefficient (Wildman–Crippen LogP) is 5.91. The highest BCUT2D eigenvalue weighted by atomic mass is 19.4. The smallest absolute Gasteiger partial charge is 0.406 e. The lowest BCUT2D eigenvalue weighted by Gasteiger charge is -2.16. The zero-order valence-corrected chi connectivity index (χ0v) is 18.7. The molecule has 2 amide bonds. The average Bonchev–Trinajstić information content (AvgIpc) is 2.98. The number of ether oxygens (including phenoxy) is 1. The summed E-state index contributed by atoms with van der Waals surface area (Å²) in [5, 5.41) is 2.87. The van der Waals surface area contributed by atoms with Crippen LogP contribution in [0, 0.1) is 20.8 Å². The third-order valence-corrected chi connectivity index (χ3v) is 5.36. The van der Waals surface area contributed by atoms with E-state index in [2.05, 4.69) is 10.1 Å². The van der Waals surface area contributed by atoms with Crippen LogP contribution >= 0.6 is 0 Å². The summed E-state index contributed by atoms with van der Waals surface area (Å²) in [6, 6.07) is 17.5. The summed E-state index contributed by atoms with van der Waals surface area (Å²) >= 11 is 0. The summed E-state index contributed by atoms with van der Waals surface area (Å²) in [5.41, 5.74) is 3.98. The first-order valence-corrected chi connectivity index (χ1v) is 10.4. The Morgan fingerprint density at radius 1 is 0.824 bits per heavy atom. The molecule has 0 bridgehead atoms. The van der Waals surface area contributed by atoms with Gasteiger partial charge in [-0.05, 0) is 56.2 Å². The number of nitrogens with one attached hydrogen (secondary N) is 1. The molecule has 1 heterocycles. The number of carbonyl (C=O) groups is 2. The van der Waals surface area contributed by atoms with E-state index < -0.39 is 23.9 Å². The van der Waals surface area contributed by atoms with Gasteiger partial charge in [-0.3, -0.25) is 9.59 Å². The van der Waals surface area contributed by atoms with Gasteiger partial charge in [0.15, 0.2) is 0 Å². The first kappa shape index (κ1) is 23.1. The van der Waals surface area contributed by atoms with Crippen LogP contribution in [0.3, 0.4) is 0 Å². The Hall–Kier alpha value is -4.07. The van der Waals surface area contributed by atoms with Crippen molar-refractivity contribution in [2.24, 2.45) is 0 Å². The maximum absolute atomic E-state index is 13.5. The molecule has 1 N–H and O–H groups in total. The van der Waals surface area contributed by atoms with Crippen molar-refractivity contribution in [3.63, 3.8) is 0 Å². The lowest BCUT2D eigenvalue weighted by Crippen LogP contribution is -2.32. The van der Waals surface area contributed by atoms with Crippen LogP contribution in [0.25, 0.3) is 5.57 Å². The molecule has 0 aromatic heterocycles. The summed E-state index contributed by atoms with van der Waals surface area (Å²) in [7, 11) is 0. The van der Waals surface area contributed by atoms with Crippen molar-refractivity contribution in [3.05, 3.63) is 94.7 Å². The predicted molar refractivity (Wildman–Crippen MR) is 123 cm³/mol. The maximum atomic E-state index is 13.5. The molecule has 0 aliphatic carbocycles. The summed E-state index contributed by atoms with van der Waals surface area (Å²) < 4.78 is 42.0. The van der Waals surface area contributed by atoms with Gasteiger partial charge >= 0.3 is 6.36 Å². The van der Waals surface area contributed by atoms with Crippen LogP contribution in [0.1, 0.15) is 22.3 Å². The third kappa shape index (κ3) is 4.66. The molecule has 0 atom stereocenters. The van der Waals surface area contributed by atoms with E-state index in [0.717, 1.165) is 33.7 Å². The normalized spacial score (nSPS) is 14.1. The molecular formula is C26H21F3N2O3. The molecule has 0 fully saturated rings. The van der Waals surface area contributed by atoms with Crippen LogP contribution in [-0.2, 0) is 9.59 Å². The number of hydrogen-bond acceptors (Lipinski definition) is 4. The molecular weight excluding hydrogens is 445 g/mol. The Balaban J connectivity index is 1.80. The van der Waals surface area contributed by atoms with Crippen molar-refractivity contribution >= 4 is 28.8 Å². The molecule has 5 nitrogen and oxygen atoms in total. The molecule has 3 aromatic carbocycles. The number of alkyl halides is 3. The van der Waals surface area contributed by atoms with E-state index in [1.165, 1.54) is 12.1 Å². The van der Waals surface area contributed by atoms with Crippen molar-refractivity contribution in [2.45, 2.75) is 27.1 Å². The lowest BCUT2D eigenvalue weighted by molar-refractivity contribution is -0.274. The van der Waals surface area contributed by atoms with E-state index in [9.17, 15) is 22.8 Å². The van der Waals surface area contributed by atoms with Gasteiger partial charge in [-0.15, -0.1) is 13.2 Å². The number of amides is 2. The monoisotopic (exact) mass is 466 g/mol. The number of nitrogens with zero attached hydrogens (tertiary/aromatic N) is 1. The molecule has 34 heavy (non-hydrogen) atoms. The summed E-state index contributed by atoms with van der Waals surface area (Å²) in [5.74, 6) is -1.57. The summed E-state index contributed by atoms with van der Waals surface area (Å²) in [6.45, 7) is 5.63. The average molecular weight is 466 g/mol. The highest BCUT2D eigenvalue weighted by molar-refractivity contribution is 6.46. The fourth-order valence-corrected chi connectivity index (χ4v) is 3.83. The first-order chi connectivity index (χ1) is 16.0. The second-order valence-electron chi connectivity index (χ2n) is 8.05. The number of rotatable bonds is 5. The molecule has 1 aliphatic heterocycles. The number of benzene rings is 3. The van der Waals surface area contributed by atoms with E-state index in [1.54, 1.807) is 30.3 Å². The van der Waals surface area contributed by atoms with Gasteiger partial charge in [0.2, 0.25) is 0 Å². The zero-order chi connectivity index (χ0) is 24.6. The number of aryl methyl sites for hydroxylation is 3. The fourth-order valence-electron chi connectivity index (χ4n) is 3.83. The van der Waals surface area contributed by atoms with Crippen LogP contribution in [-0.4, -0.2) is 18.2 Å². The van der Waals surface area contributed by atoms with Gasteiger partial charge in [0.05, 0.1) is 11.3 Å². The zero-order valence-electron chi connectivity index (χ0n) is 18.7. The molecule has 0 saturated heterocycles. The van der Waals surface area contributed by atoms with E-state index in [-0.39, 0.29) is 17.0 Å². The SMILES string of the molecule is Cc1ccc(N2C(=O)C(Nc3cccc(OC(F)(F)F)c3)=C(c3ccc(C)cc3C)C2=O)cc1. The van der Waals surface area contributed by atoms with Gasteiger partial charge in [0, 0.05) is 11.8 Å². The lowest BCUT2D eigenvalue weighted by atomic mass is 9.97. The second kappa shape index (κ2) is 8.70. The van der Waals surface area contributed by atoms with Gasteiger partial charge < -0.3 is 10.1 Å². The molecule has 8 heteroatoms. The number of imide groups is 1. The largest absolute Gasteiger partial charge is 0.573 e. The van der Waals surface area contributed by atoms with E-state index in [1.807, 2.05) is 32.9 Å². The quantitative estimate of drug-likeness (QED) is 0.475. The van der Waals surface area contributed by atoms with Gasteiger partial charge in [0.1, 0.15) is 11.4 Å². The van der Waals surface area contributed by atoms with E-state index in [0.29, 0.717) is 11.3 Å². The minimum Gasteiger partial charge on any atom is -0.406 e. The standard InChI is InChI=1S/C26H21F3N2O3/c1-15-7-10-19(11-8-15)31-24(32)22(21-12-9-16(2)13-17(21)3)23(25(31)33)30-18-5-4-6-20(14-18)34-26(27,28)29/h4-14,30H,1-3H3. The highest BCUT2D eigenvalue weighted by Gasteiger charge is 2.41. The Kier molecular flexibility index (Phi) is 5.91. The number of carbonyl (C=O) groups excluding carboxylic acids is 2.